The van der Waals surface area contributed by atoms with E-state index in [4.69, 9.17) is 0 Å². The van der Waals surface area contributed by atoms with Gasteiger partial charge in [-0.1, -0.05) is 47.0 Å². The van der Waals surface area contributed by atoms with Crippen molar-refractivity contribution in [1.29, 1.82) is 0 Å². The highest BCUT2D eigenvalue weighted by Gasteiger charge is 2.34. The standard InChI is InChI=1S/C18H36N2/c1-5-7-16-13-20(18(12-19-16)14(2)3)17-9-6-8-15(4)10-11-17/h14-19H,5-13H2,1-4H3. The number of hydrogen-bond donors (Lipinski definition) is 1. The van der Waals surface area contributed by atoms with Gasteiger partial charge in [-0.2, -0.15) is 0 Å². The minimum absolute atomic E-state index is 0.732. The summed E-state index contributed by atoms with van der Waals surface area (Å²) < 4.78 is 0. The molecule has 0 aromatic heterocycles. The van der Waals surface area contributed by atoms with Gasteiger partial charge in [-0.05, 0) is 37.5 Å². The second-order valence-corrected chi connectivity index (χ2v) is 7.67. The molecule has 1 saturated heterocycles. The third-order valence-corrected chi connectivity index (χ3v) is 5.58. The van der Waals surface area contributed by atoms with Crippen molar-refractivity contribution < 1.29 is 0 Å². The highest BCUT2D eigenvalue weighted by molar-refractivity contribution is 4.92. The third-order valence-electron chi connectivity index (χ3n) is 5.58. The lowest BCUT2D eigenvalue weighted by Gasteiger charge is -2.46. The van der Waals surface area contributed by atoms with Crippen molar-refractivity contribution in [3.05, 3.63) is 0 Å². The molecular formula is C18H36N2. The lowest BCUT2D eigenvalue weighted by Crippen LogP contribution is -2.61. The maximum Gasteiger partial charge on any atom is 0.0247 e. The summed E-state index contributed by atoms with van der Waals surface area (Å²) in [6.07, 6.45) is 9.85. The Labute approximate surface area is 126 Å². The van der Waals surface area contributed by atoms with E-state index in [1.54, 1.807) is 0 Å². The Morgan fingerprint density at radius 2 is 1.95 bits per heavy atom. The van der Waals surface area contributed by atoms with E-state index < -0.39 is 0 Å². The summed E-state index contributed by atoms with van der Waals surface area (Å²) in [4.78, 5) is 2.90. The molecule has 1 saturated carbocycles. The molecule has 1 aliphatic carbocycles. The molecule has 1 N–H and O–H groups in total. The Bertz CT molecular complexity index is 277. The zero-order valence-corrected chi connectivity index (χ0v) is 14.2. The van der Waals surface area contributed by atoms with Crippen LogP contribution in [0.1, 0.15) is 72.6 Å². The van der Waals surface area contributed by atoms with Crippen molar-refractivity contribution in [2.45, 2.75) is 90.8 Å². The van der Waals surface area contributed by atoms with Crippen LogP contribution in [-0.4, -0.2) is 36.1 Å². The van der Waals surface area contributed by atoms with E-state index in [9.17, 15) is 0 Å². The van der Waals surface area contributed by atoms with Crippen LogP contribution in [0.5, 0.6) is 0 Å². The maximum atomic E-state index is 3.80. The smallest absolute Gasteiger partial charge is 0.0247 e. The predicted octanol–water partition coefficient (Wildman–Crippen LogP) is 4.05. The minimum atomic E-state index is 0.732. The molecule has 2 heteroatoms. The fourth-order valence-electron chi connectivity index (χ4n) is 4.24. The Morgan fingerprint density at radius 1 is 1.15 bits per heavy atom. The molecule has 0 bridgehead atoms. The summed E-state index contributed by atoms with van der Waals surface area (Å²) in [7, 11) is 0. The van der Waals surface area contributed by atoms with Crippen molar-refractivity contribution in [1.82, 2.24) is 10.2 Å². The molecule has 118 valence electrons. The number of hydrogen-bond acceptors (Lipinski definition) is 2. The summed E-state index contributed by atoms with van der Waals surface area (Å²) in [6, 6.07) is 2.34. The summed E-state index contributed by atoms with van der Waals surface area (Å²) in [5.41, 5.74) is 0. The highest BCUT2D eigenvalue weighted by atomic mass is 15.3. The topological polar surface area (TPSA) is 15.3 Å². The summed E-state index contributed by atoms with van der Waals surface area (Å²) >= 11 is 0. The van der Waals surface area contributed by atoms with Crippen LogP contribution in [0.3, 0.4) is 0 Å². The van der Waals surface area contributed by atoms with Crippen LogP contribution in [0.2, 0.25) is 0 Å². The zero-order valence-electron chi connectivity index (χ0n) is 14.2. The van der Waals surface area contributed by atoms with Crippen LogP contribution < -0.4 is 5.32 Å². The molecule has 0 aromatic carbocycles. The van der Waals surface area contributed by atoms with Gasteiger partial charge in [-0.15, -0.1) is 0 Å². The minimum Gasteiger partial charge on any atom is -0.311 e. The molecule has 1 aliphatic heterocycles. The van der Waals surface area contributed by atoms with Gasteiger partial charge >= 0.3 is 0 Å². The van der Waals surface area contributed by atoms with Crippen LogP contribution in [0.15, 0.2) is 0 Å². The van der Waals surface area contributed by atoms with E-state index >= 15 is 0 Å². The van der Waals surface area contributed by atoms with Crippen LogP contribution >= 0.6 is 0 Å². The molecule has 2 nitrogen and oxygen atoms in total. The molecule has 2 aliphatic rings. The number of piperazine rings is 1. The molecule has 0 radical (unpaired) electrons. The molecule has 0 amide bonds. The summed E-state index contributed by atoms with van der Waals surface area (Å²) in [5, 5.41) is 3.80. The highest BCUT2D eigenvalue weighted by Crippen LogP contribution is 2.30. The Kier molecular flexibility index (Phi) is 6.35. The van der Waals surface area contributed by atoms with Crippen molar-refractivity contribution in [2.24, 2.45) is 11.8 Å². The van der Waals surface area contributed by atoms with Gasteiger partial charge in [0.15, 0.2) is 0 Å². The van der Waals surface area contributed by atoms with Gasteiger partial charge in [0.25, 0.3) is 0 Å². The Balaban J connectivity index is 2.01. The molecule has 0 aromatic rings. The van der Waals surface area contributed by atoms with Crippen molar-refractivity contribution in [2.75, 3.05) is 13.1 Å². The first-order valence-corrected chi connectivity index (χ1v) is 9.11. The van der Waals surface area contributed by atoms with Crippen molar-refractivity contribution >= 4 is 0 Å². The van der Waals surface area contributed by atoms with Gasteiger partial charge in [0, 0.05) is 31.2 Å². The van der Waals surface area contributed by atoms with Gasteiger partial charge in [-0.25, -0.2) is 0 Å². The lowest BCUT2D eigenvalue weighted by atomic mass is 9.93. The van der Waals surface area contributed by atoms with Crippen molar-refractivity contribution in [3.8, 4) is 0 Å². The van der Waals surface area contributed by atoms with E-state index in [1.165, 1.54) is 58.0 Å². The first-order chi connectivity index (χ1) is 9.61. The first-order valence-electron chi connectivity index (χ1n) is 9.11. The summed E-state index contributed by atoms with van der Waals surface area (Å²) in [5.74, 6) is 1.72. The van der Waals surface area contributed by atoms with E-state index in [2.05, 4.69) is 37.9 Å². The lowest BCUT2D eigenvalue weighted by molar-refractivity contribution is 0.0464. The second kappa shape index (κ2) is 7.79. The molecule has 4 atom stereocenters. The van der Waals surface area contributed by atoms with Crippen molar-refractivity contribution in [3.63, 3.8) is 0 Å². The van der Waals surface area contributed by atoms with Crippen LogP contribution in [0.4, 0.5) is 0 Å². The molecule has 2 fully saturated rings. The van der Waals surface area contributed by atoms with E-state index in [-0.39, 0.29) is 0 Å². The SMILES string of the molecule is CCCC1CN(C2CCCC(C)CC2)C(C(C)C)CN1. The first kappa shape index (κ1) is 16.3. The molecule has 2 rings (SSSR count). The maximum absolute atomic E-state index is 3.80. The number of rotatable bonds is 4. The fourth-order valence-corrected chi connectivity index (χ4v) is 4.24. The fraction of sp³-hybridized carbons (Fsp3) is 1.00. The number of nitrogens with one attached hydrogen (secondary N) is 1. The van der Waals surface area contributed by atoms with Crippen LogP contribution in [0, 0.1) is 11.8 Å². The predicted molar refractivity (Wildman–Crippen MR) is 88.1 cm³/mol. The van der Waals surface area contributed by atoms with E-state index in [0.29, 0.717) is 0 Å². The van der Waals surface area contributed by atoms with E-state index in [0.717, 1.165) is 30.0 Å². The summed E-state index contributed by atoms with van der Waals surface area (Å²) in [6.45, 7) is 12.1. The zero-order chi connectivity index (χ0) is 14.5. The van der Waals surface area contributed by atoms with Gasteiger partial charge < -0.3 is 5.32 Å². The largest absolute Gasteiger partial charge is 0.311 e. The molecule has 0 spiro atoms. The second-order valence-electron chi connectivity index (χ2n) is 7.67. The monoisotopic (exact) mass is 280 g/mol. The van der Waals surface area contributed by atoms with Crippen LogP contribution in [0.25, 0.3) is 0 Å². The van der Waals surface area contributed by atoms with E-state index in [1.807, 2.05) is 0 Å². The van der Waals surface area contributed by atoms with Crippen LogP contribution in [-0.2, 0) is 0 Å². The number of nitrogens with zero attached hydrogens (tertiary/aromatic N) is 1. The Hall–Kier alpha value is -0.0800. The molecule has 20 heavy (non-hydrogen) atoms. The quantitative estimate of drug-likeness (QED) is 0.781. The average molecular weight is 280 g/mol. The third kappa shape index (κ3) is 4.21. The van der Waals surface area contributed by atoms with Gasteiger partial charge in [0.1, 0.15) is 0 Å². The van der Waals surface area contributed by atoms with Gasteiger partial charge in [-0.3, -0.25) is 4.90 Å². The average Bonchev–Trinajstić information content (AvgIpc) is 2.63. The molecule has 1 heterocycles. The van der Waals surface area contributed by atoms with Gasteiger partial charge in [0.05, 0.1) is 0 Å². The van der Waals surface area contributed by atoms with Gasteiger partial charge in [0.2, 0.25) is 0 Å². The molecular weight excluding hydrogens is 244 g/mol. The normalized spacial score (nSPS) is 37.0. The Morgan fingerprint density at radius 3 is 2.65 bits per heavy atom. The molecule has 4 unspecified atom stereocenters.